The van der Waals surface area contributed by atoms with Crippen LogP contribution in [0.25, 0.3) is 0 Å². The Balaban J connectivity index is 1.97. The van der Waals surface area contributed by atoms with Crippen LogP contribution >= 0.6 is 0 Å². The van der Waals surface area contributed by atoms with Gasteiger partial charge in [0.15, 0.2) is 0 Å². The fraction of sp³-hybridized carbons (Fsp3) is 1.00. The zero-order valence-electron chi connectivity index (χ0n) is 5.72. The topological polar surface area (TPSA) is 18.5 Å². The Hall–Kier alpha value is -0.0800. The lowest BCUT2D eigenvalue weighted by molar-refractivity contribution is -0.230. The molecular formula is C7H12O2. The van der Waals surface area contributed by atoms with Gasteiger partial charge in [0.1, 0.15) is 0 Å². The quantitative estimate of drug-likeness (QED) is 0.520. The molecule has 0 aromatic carbocycles. The summed E-state index contributed by atoms with van der Waals surface area (Å²) < 4.78 is 10.4. The first-order valence-corrected chi connectivity index (χ1v) is 3.48. The van der Waals surface area contributed by atoms with Crippen molar-refractivity contribution in [2.24, 2.45) is 5.41 Å². The van der Waals surface area contributed by atoms with E-state index in [1.807, 2.05) is 0 Å². The van der Waals surface area contributed by atoms with Gasteiger partial charge in [-0.25, -0.2) is 0 Å². The van der Waals surface area contributed by atoms with E-state index in [1.165, 1.54) is 12.8 Å². The number of methoxy groups -OCH3 is 1. The molecule has 0 amide bonds. The maximum Gasteiger partial charge on any atom is 0.0672 e. The van der Waals surface area contributed by atoms with Crippen LogP contribution in [0.5, 0.6) is 0 Å². The second-order valence-electron chi connectivity index (χ2n) is 3.12. The highest BCUT2D eigenvalue weighted by Gasteiger charge is 2.52. The van der Waals surface area contributed by atoms with Crippen molar-refractivity contribution < 1.29 is 9.47 Å². The summed E-state index contributed by atoms with van der Waals surface area (Å²) in [5.41, 5.74) is 0.467. The number of rotatable bonds is 1. The van der Waals surface area contributed by atoms with Gasteiger partial charge in [0, 0.05) is 12.5 Å². The summed E-state index contributed by atoms with van der Waals surface area (Å²) in [5.74, 6) is 0. The van der Waals surface area contributed by atoms with Gasteiger partial charge in [0.05, 0.1) is 19.3 Å². The Morgan fingerprint density at radius 1 is 1.56 bits per heavy atom. The Bertz CT molecular complexity index is 111. The molecule has 2 rings (SSSR count). The minimum Gasteiger partial charge on any atom is -0.381 e. The molecule has 1 atom stereocenters. The molecule has 52 valence electrons. The van der Waals surface area contributed by atoms with E-state index in [4.69, 9.17) is 9.47 Å². The minimum absolute atomic E-state index is 0.467. The summed E-state index contributed by atoms with van der Waals surface area (Å²) in [4.78, 5) is 0. The molecule has 2 aliphatic rings. The van der Waals surface area contributed by atoms with Gasteiger partial charge in [0.25, 0.3) is 0 Å². The van der Waals surface area contributed by atoms with Crippen LogP contribution in [0.2, 0.25) is 0 Å². The minimum atomic E-state index is 0.467. The van der Waals surface area contributed by atoms with Crippen LogP contribution in [0.15, 0.2) is 0 Å². The largest absolute Gasteiger partial charge is 0.381 e. The summed E-state index contributed by atoms with van der Waals surface area (Å²) in [5, 5.41) is 0. The van der Waals surface area contributed by atoms with Crippen molar-refractivity contribution in [1.82, 2.24) is 0 Å². The lowest BCUT2D eigenvalue weighted by atomic mass is 9.64. The molecule has 1 saturated carbocycles. The van der Waals surface area contributed by atoms with E-state index >= 15 is 0 Å². The van der Waals surface area contributed by atoms with E-state index < -0.39 is 0 Å². The molecule has 2 nitrogen and oxygen atoms in total. The molecule has 1 heterocycles. The molecule has 1 saturated heterocycles. The lowest BCUT2D eigenvalue weighted by Crippen LogP contribution is -2.58. The molecule has 2 heteroatoms. The highest BCUT2D eigenvalue weighted by Crippen LogP contribution is 2.48. The molecule has 0 bridgehead atoms. The van der Waals surface area contributed by atoms with Crippen molar-refractivity contribution in [3.8, 4) is 0 Å². The molecule has 1 aliphatic heterocycles. The Morgan fingerprint density at radius 2 is 2.33 bits per heavy atom. The van der Waals surface area contributed by atoms with Gasteiger partial charge >= 0.3 is 0 Å². The van der Waals surface area contributed by atoms with Gasteiger partial charge in [0.2, 0.25) is 0 Å². The third-order valence-corrected chi connectivity index (χ3v) is 2.65. The van der Waals surface area contributed by atoms with Gasteiger partial charge < -0.3 is 9.47 Å². The van der Waals surface area contributed by atoms with Crippen molar-refractivity contribution in [1.29, 1.82) is 0 Å². The van der Waals surface area contributed by atoms with Crippen LogP contribution < -0.4 is 0 Å². The second-order valence-corrected chi connectivity index (χ2v) is 3.12. The molecule has 0 aromatic rings. The Kier molecular flexibility index (Phi) is 1.08. The van der Waals surface area contributed by atoms with Crippen LogP contribution in [-0.4, -0.2) is 26.4 Å². The molecule has 1 aliphatic carbocycles. The zero-order chi connectivity index (χ0) is 6.32. The first-order chi connectivity index (χ1) is 4.37. The van der Waals surface area contributed by atoms with Gasteiger partial charge in [-0.1, -0.05) is 0 Å². The Labute approximate surface area is 55.1 Å². The molecule has 1 spiro atoms. The standard InChI is InChI=1S/C7H12O2/c1-8-6-2-3-7(6)4-9-5-7/h6H,2-5H2,1H3. The SMILES string of the molecule is COC1CCC12COC2. The molecule has 0 radical (unpaired) electrons. The smallest absolute Gasteiger partial charge is 0.0672 e. The number of ether oxygens (including phenoxy) is 2. The highest BCUT2D eigenvalue weighted by atomic mass is 16.5. The third-order valence-electron chi connectivity index (χ3n) is 2.65. The zero-order valence-corrected chi connectivity index (χ0v) is 5.72. The van der Waals surface area contributed by atoms with Crippen molar-refractivity contribution in [3.63, 3.8) is 0 Å². The first kappa shape index (κ1) is 5.69. The number of hydrogen-bond donors (Lipinski definition) is 0. The normalized spacial score (nSPS) is 37.7. The average molecular weight is 128 g/mol. The molecule has 0 aromatic heterocycles. The van der Waals surface area contributed by atoms with Crippen molar-refractivity contribution >= 4 is 0 Å². The van der Waals surface area contributed by atoms with E-state index in [0.29, 0.717) is 11.5 Å². The predicted molar refractivity (Wildman–Crippen MR) is 33.3 cm³/mol. The van der Waals surface area contributed by atoms with Crippen LogP contribution in [0.1, 0.15) is 12.8 Å². The fourth-order valence-electron chi connectivity index (χ4n) is 1.73. The van der Waals surface area contributed by atoms with Crippen molar-refractivity contribution in [2.75, 3.05) is 20.3 Å². The van der Waals surface area contributed by atoms with E-state index in [9.17, 15) is 0 Å². The van der Waals surface area contributed by atoms with Crippen LogP contribution in [-0.2, 0) is 9.47 Å². The maximum atomic E-state index is 5.26. The monoisotopic (exact) mass is 128 g/mol. The van der Waals surface area contributed by atoms with Crippen LogP contribution in [0.4, 0.5) is 0 Å². The molecular weight excluding hydrogens is 116 g/mol. The van der Waals surface area contributed by atoms with Gasteiger partial charge in [-0.05, 0) is 12.8 Å². The van der Waals surface area contributed by atoms with Crippen molar-refractivity contribution in [2.45, 2.75) is 18.9 Å². The van der Waals surface area contributed by atoms with Crippen LogP contribution in [0.3, 0.4) is 0 Å². The van der Waals surface area contributed by atoms with Gasteiger partial charge in [-0.3, -0.25) is 0 Å². The molecule has 2 fully saturated rings. The Morgan fingerprint density at radius 3 is 2.44 bits per heavy atom. The first-order valence-electron chi connectivity index (χ1n) is 3.48. The summed E-state index contributed by atoms with van der Waals surface area (Å²) in [6.07, 6.45) is 3.05. The predicted octanol–water partition coefficient (Wildman–Crippen LogP) is 0.812. The van der Waals surface area contributed by atoms with E-state index in [-0.39, 0.29) is 0 Å². The van der Waals surface area contributed by atoms with Gasteiger partial charge in [-0.2, -0.15) is 0 Å². The van der Waals surface area contributed by atoms with Crippen molar-refractivity contribution in [3.05, 3.63) is 0 Å². The van der Waals surface area contributed by atoms with Crippen LogP contribution in [0, 0.1) is 5.41 Å². The van der Waals surface area contributed by atoms with E-state index in [1.54, 1.807) is 7.11 Å². The maximum absolute atomic E-state index is 5.26. The van der Waals surface area contributed by atoms with E-state index in [0.717, 1.165) is 13.2 Å². The van der Waals surface area contributed by atoms with Gasteiger partial charge in [-0.15, -0.1) is 0 Å². The fourth-order valence-corrected chi connectivity index (χ4v) is 1.73. The number of hydrogen-bond acceptors (Lipinski definition) is 2. The molecule has 1 unspecified atom stereocenters. The average Bonchev–Trinajstić information content (AvgIpc) is 1.59. The molecule has 0 N–H and O–H groups in total. The summed E-state index contributed by atoms with van der Waals surface area (Å²) in [6, 6.07) is 0. The summed E-state index contributed by atoms with van der Waals surface area (Å²) >= 11 is 0. The van der Waals surface area contributed by atoms with E-state index in [2.05, 4.69) is 0 Å². The lowest BCUT2D eigenvalue weighted by Gasteiger charge is -2.54. The second kappa shape index (κ2) is 1.70. The summed E-state index contributed by atoms with van der Waals surface area (Å²) in [6.45, 7) is 1.87. The molecule has 9 heavy (non-hydrogen) atoms. The third kappa shape index (κ3) is 0.578. The highest BCUT2D eigenvalue weighted by molar-refractivity contribution is 5.01. The summed E-state index contributed by atoms with van der Waals surface area (Å²) in [7, 11) is 1.80.